The Labute approximate surface area is 101 Å². The fourth-order valence-electron chi connectivity index (χ4n) is 1.79. The van der Waals surface area contributed by atoms with Gasteiger partial charge in [0.1, 0.15) is 5.75 Å². The third kappa shape index (κ3) is 2.36. The molecule has 2 aromatic rings. The molecule has 0 aliphatic heterocycles. The van der Waals surface area contributed by atoms with Crippen molar-refractivity contribution in [3.8, 4) is 16.9 Å². The molecule has 2 heteroatoms. The van der Waals surface area contributed by atoms with Crippen molar-refractivity contribution in [1.29, 1.82) is 0 Å². The smallest absolute Gasteiger partial charge is 0.163 e. The van der Waals surface area contributed by atoms with Gasteiger partial charge in [-0.25, -0.2) is 0 Å². The second kappa shape index (κ2) is 4.83. The predicted octanol–water partition coefficient (Wildman–Crippen LogP) is 3.56. The van der Waals surface area contributed by atoms with Crippen LogP contribution in [0, 0.1) is 0 Å². The molecule has 0 amide bonds. The monoisotopic (exact) mass is 226 g/mol. The molecule has 0 saturated heterocycles. The maximum Gasteiger partial charge on any atom is 0.163 e. The van der Waals surface area contributed by atoms with Crippen molar-refractivity contribution in [1.82, 2.24) is 0 Å². The van der Waals surface area contributed by atoms with Crippen molar-refractivity contribution >= 4 is 5.78 Å². The summed E-state index contributed by atoms with van der Waals surface area (Å²) in [6, 6.07) is 15.6. The Kier molecular flexibility index (Phi) is 3.24. The SMILES string of the molecule is COc1ccc(-c2ccccc2)cc1C(C)=O. The third-order valence-corrected chi connectivity index (χ3v) is 2.69. The largest absolute Gasteiger partial charge is 0.496 e. The summed E-state index contributed by atoms with van der Waals surface area (Å²) in [4.78, 5) is 11.5. The Bertz CT molecular complexity index is 530. The van der Waals surface area contributed by atoms with Gasteiger partial charge >= 0.3 is 0 Å². The summed E-state index contributed by atoms with van der Waals surface area (Å²) < 4.78 is 5.18. The van der Waals surface area contributed by atoms with E-state index in [-0.39, 0.29) is 5.78 Å². The second-order valence-corrected chi connectivity index (χ2v) is 3.84. The van der Waals surface area contributed by atoms with Crippen LogP contribution >= 0.6 is 0 Å². The molecule has 86 valence electrons. The first-order chi connectivity index (χ1) is 8.22. The van der Waals surface area contributed by atoms with Crippen LogP contribution < -0.4 is 4.74 Å². The Morgan fingerprint density at radius 1 is 1.00 bits per heavy atom. The molecule has 2 aromatic carbocycles. The molecule has 17 heavy (non-hydrogen) atoms. The van der Waals surface area contributed by atoms with E-state index in [4.69, 9.17) is 4.74 Å². The average Bonchev–Trinajstić information content (AvgIpc) is 2.39. The van der Waals surface area contributed by atoms with E-state index >= 15 is 0 Å². The molecule has 0 radical (unpaired) electrons. The normalized spacial score (nSPS) is 10.0. The van der Waals surface area contributed by atoms with E-state index in [0.717, 1.165) is 11.1 Å². The third-order valence-electron chi connectivity index (χ3n) is 2.69. The van der Waals surface area contributed by atoms with Crippen LogP contribution in [-0.4, -0.2) is 12.9 Å². The van der Waals surface area contributed by atoms with Gasteiger partial charge < -0.3 is 4.74 Å². The van der Waals surface area contributed by atoms with Crippen LogP contribution in [0.4, 0.5) is 0 Å². The first-order valence-electron chi connectivity index (χ1n) is 5.47. The summed E-state index contributed by atoms with van der Waals surface area (Å²) >= 11 is 0. The highest BCUT2D eigenvalue weighted by molar-refractivity contribution is 5.98. The fraction of sp³-hybridized carbons (Fsp3) is 0.133. The number of methoxy groups -OCH3 is 1. The standard InChI is InChI=1S/C15H14O2/c1-11(16)14-10-13(8-9-15(14)17-2)12-6-4-3-5-7-12/h3-10H,1-2H3. The fourth-order valence-corrected chi connectivity index (χ4v) is 1.79. The van der Waals surface area contributed by atoms with Crippen molar-refractivity contribution in [2.24, 2.45) is 0 Å². The van der Waals surface area contributed by atoms with Gasteiger partial charge in [0, 0.05) is 0 Å². The Balaban J connectivity index is 2.51. The number of hydrogen-bond donors (Lipinski definition) is 0. The molecule has 0 aliphatic rings. The van der Waals surface area contributed by atoms with E-state index in [0.29, 0.717) is 11.3 Å². The van der Waals surface area contributed by atoms with Gasteiger partial charge in [-0.05, 0) is 30.2 Å². The maximum atomic E-state index is 11.5. The zero-order valence-electron chi connectivity index (χ0n) is 9.94. The quantitative estimate of drug-likeness (QED) is 0.748. The number of hydrogen-bond acceptors (Lipinski definition) is 2. The van der Waals surface area contributed by atoms with Crippen molar-refractivity contribution in [3.05, 3.63) is 54.1 Å². The van der Waals surface area contributed by atoms with Crippen molar-refractivity contribution in [2.75, 3.05) is 7.11 Å². The van der Waals surface area contributed by atoms with Crippen LogP contribution in [0.2, 0.25) is 0 Å². The lowest BCUT2D eigenvalue weighted by Gasteiger charge is -2.08. The molecule has 0 bridgehead atoms. The summed E-state index contributed by atoms with van der Waals surface area (Å²) in [7, 11) is 1.57. The van der Waals surface area contributed by atoms with Gasteiger partial charge in [0.25, 0.3) is 0 Å². The minimum Gasteiger partial charge on any atom is -0.496 e. The summed E-state index contributed by atoms with van der Waals surface area (Å²) in [5.41, 5.74) is 2.74. The van der Waals surface area contributed by atoms with Crippen LogP contribution in [0.3, 0.4) is 0 Å². The number of ketones is 1. The molecule has 2 nitrogen and oxygen atoms in total. The van der Waals surface area contributed by atoms with E-state index in [1.165, 1.54) is 0 Å². The molecule has 0 aliphatic carbocycles. The highest BCUT2D eigenvalue weighted by atomic mass is 16.5. The van der Waals surface area contributed by atoms with Gasteiger partial charge in [0.05, 0.1) is 12.7 Å². The number of Topliss-reactive ketones (excluding diaryl/α,β-unsaturated/α-hetero) is 1. The first-order valence-corrected chi connectivity index (χ1v) is 5.47. The zero-order valence-corrected chi connectivity index (χ0v) is 9.94. The van der Waals surface area contributed by atoms with E-state index in [1.807, 2.05) is 48.5 Å². The molecule has 0 spiro atoms. The van der Waals surface area contributed by atoms with Gasteiger partial charge in [-0.3, -0.25) is 4.79 Å². The van der Waals surface area contributed by atoms with Crippen LogP contribution in [0.15, 0.2) is 48.5 Å². The average molecular weight is 226 g/mol. The second-order valence-electron chi connectivity index (χ2n) is 3.84. The molecule has 0 atom stereocenters. The number of ether oxygens (including phenoxy) is 1. The van der Waals surface area contributed by atoms with Crippen LogP contribution in [0.1, 0.15) is 17.3 Å². The van der Waals surface area contributed by atoms with Crippen LogP contribution in [0.25, 0.3) is 11.1 Å². The van der Waals surface area contributed by atoms with Crippen molar-refractivity contribution in [3.63, 3.8) is 0 Å². The van der Waals surface area contributed by atoms with Crippen molar-refractivity contribution < 1.29 is 9.53 Å². The first kappa shape index (κ1) is 11.4. The van der Waals surface area contributed by atoms with Gasteiger partial charge in [0.15, 0.2) is 5.78 Å². The number of rotatable bonds is 3. The number of benzene rings is 2. The highest BCUT2D eigenvalue weighted by Gasteiger charge is 2.09. The van der Waals surface area contributed by atoms with Gasteiger partial charge in [-0.15, -0.1) is 0 Å². The minimum absolute atomic E-state index is 0.0135. The summed E-state index contributed by atoms with van der Waals surface area (Å²) in [6.07, 6.45) is 0. The van der Waals surface area contributed by atoms with E-state index in [2.05, 4.69) is 0 Å². The molecular weight excluding hydrogens is 212 g/mol. The summed E-state index contributed by atoms with van der Waals surface area (Å²) in [5, 5.41) is 0. The Hall–Kier alpha value is -2.09. The zero-order chi connectivity index (χ0) is 12.3. The van der Waals surface area contributed by atoms with E-state index < -0.39 is 0 Å². The summed E-state index contributed by atoms with van der Waals surface area (Å²) in [6.45, 7) is 1.55. The minimum atomic E-state index is 0.0135. The van der Waals surface area contributed by atoms with Gasteiger partial charge in [0.2, 0.25) is 0 Å². The molecule has 0 N–H and O–H groups in total. The Morgan fingerprint density at radius 3 is 2.29 bits per heavy atom. The molecule has 0 unspecified atom stereocenters. The topological polar surface area (TPSA) is 26.3 Å². The highest BCUT2D eigenvalue weighted by Crippen LogP contribution is 2.26. The lowest BCUT2D eigenvalue weighted by atomic mass is 10.0. The van der Waals surface area contributed by atoms with Gasteiger partial charge in [-0.2, -0.15) is 0 Å². The number of carbonyl (C=O) groups excluding carboxylic acids is 1. The predicted molar refractivity (Wildman–Crippen MR) is 68.4 cm³/mol. The molecular formula is C15H14O2. The molecule has 0 fully saturated rings. The molecule has 0 heterocycles. The van der Waals surface area contributed by atoms with E-state index in [9.17, 15) is 4.79 Å². The van der Waals surface area contributed by atoms with Crippen LogP contribution in [-0.2, 0) is 0 Å². The lowest BCUT2D eigenvalue weighted by Crippen LogP contribution is -1.97. The lowest BCUT2D eigenvalue weighted by molar-refractivity contribution is 0.101. The molecule has 2 rings (SSSR count). The Morgan fingerprint density at radius 2 is 1.71 bits per heavy atom. The van der Waals surface area contributed by atoms with Crippen LogP contribution in [0.5, 0.6) is 5.75 Å². The number of carbonyl (C=O) groups is 1. The van der Waals surface area contributed by atoms with E-state index in [1.54, 1.807) is 14.0 Å². The molecule has 0 saturated carbocycles. The summed E-state index contributed by atoms with van der Waals surface area (Å²) in [5.74, 6) is 0.636. The van der Waals surface area contributed by atoms with Crippen molar-refractivity contribution in [2.45, 2.75) is 6.92 Å². The van der Waals surface area contributed by atoms with Gasteiger partial charge in [-0.1, -0.05) is 36.4 Å². The maximum absolute atomic E-state index is 11.5. The molecule has 0 aromatic heterocycles.